The highest BCUT2D eigenvalue weighted by Crippen LogP contribution is 2.36. The van der Waals surface area contributed by atoms with Gasteiger partial charge < -0.3 is 14.8 Å². The molecule has 1 heterocycles. The summed E-state index contributed by atoms with van der Waals surface area (Å²) >= 11 is 6.17. The monoisotopic (exact) mass is 565 g/mol. The Bertz CT molecular complexity index is 1440. The Morgan fingerprint density at radius 1 is 1.26 bits per heavy atom. The molecule has 1 aromatic heterocycles. The number of nitro groups is 1. The second-order valence-electron chi connectivity index (χ2n) is 8.34. The second kappa shape index (κ2) is 12.3. The quantitative estimate of drug-likeness (QED) is 0.190. The molecule has 3 aromatic rings. The number of nitro benzene ring substituents is 1. The third-order valence-corrected chi connectivity index (χ3v) is 7.38. The number of non-ortho nitro benzene ring substituents is 1. The highest BCUT2D eigenvalue weighted by atomic mass is 35.5. The smallest absolute Gasteiger partial charge is 0.272 e. The molecule has 0 saturated heterocycles. The van der Waals surface area contributed by atoms with Gasteiger partial charge in [0.05, 0.1) is 17.2 Å². The molecule has 0 bridgehead atoms. The number of carbonyl (C=O) groups excluding carboxylic acids is 1. The second-order valence-corrected chi connectivity index (χ2v) is 10.5. The van der Waals surface area contributed by atoms with E-state index in [2.05, 4.69) is 15.1 Å². The summed E-state index contributed by atoms with van der Waals surface area (Å²) < 4.78 is 41.2. The molecule has 0 aliphatic rings. The normalized spacial score (nSPS) is 12.2. The number of rotatable bonds is 12. The van der Waals surface area contributed by atoms with Crippen LogP contribution in [0.3, 0.4) is 0 Å². The molecule has 2 N–H and O–H groups in total. The average molecular weight is 566 g/mol. The lowest BCUT2D eigenvalue weighted by Crippen LogP contribution is -2.32. The van der Waals surface area contributed by atoms with Gasteiger partial charge in [0.1, 0.15) is 10.6 Å². The van der Waals surface area contributed by atoms with Crippen LogP contribution in [0.15, 0.2) is 47.4 Å². The van der Waals surface area contributed by atoms with E-state index in [9.17, 15) is 23.3 Å². The first-order chi connectivity index (χ1) is 18.0. The van der Waals surface area contributed by atoms with Crippen molar-refractivity contribution < 1.29 is 27.6 Å². The van der Waals surface area contributed by atoms with E-state index >= 15 is 0 Å². The van der Waals surface area contributed by atoms with Crippen LogP contribution in [0.5, 0.6) is 11.6 Å². The molecule has 0 saturated carbocycles. The lowest BCUT2D eigenvalue weighted by Gasteiger charge is -2.16. The minimum atomic E-state index is -4.22. The maximum Gasteiger partial charge on any atom is 0.272 e. The number of hydrogen-bond acceptors (Lipinski definition) is 8. The Morgan fingerprint density at radius 2 is 2.00 bits per heavy atom. The summed E-state index contributed by atoms with van der Waals surface area (Å²) in [4.78, 5) is 23.1. The van der Waals surface area contributed by atoms with E-state index in [1.807, 2.05) is 0 Å². The third kappa shape index (κ3) is 6.67. The van der Waals surface area contributed by atoms with Gasteiger partial charge in [-0.05, 0) is 44.5 Å². The first kappa shape index (κ1) is 29.0. The van der Waals surface area contributed by atoms with Crippen molar-refractivity contribution in [3.05, 3.63) is 68.9 Å². The molecule has 0 spiro atoms. The molecule has 1 atom stereocenters. The van der Waals surface area contributed by atoms with Crippen LogP contribution in [0.1, 0.15) is 36.3 Å². The molecule has 204 valence electrons. The van der Waals surface area contributed by atoms with Gasteiger partial charge in [0.25, 0.3) is 11.6 Å². The highest BCUT2D eigenvalue weighted by molar-refractivity contribution is 7.89. The number of halogens is 1. The maximum atomic E-state index is 13.2. The van der Waals surface area contributed by atoms with E-state index in [4.69, 9.17) is 21.1 Å². The number of aromatic nitrogens is 2. The Balaban J connectivity index is 2.17. The molecule has 0 radical (unpaired) electrons. The van der Waals surface area contributed by atoms with Crippen molar-refractivity contribution in [3.8, 4) is 17.3 Å². The van der Waals surface area contributed by atoms with Crippen LogP contribution in [-0.4, -0.2) is 55.3 Å². The van der Waals surface area contributed by atoms with E-state index in [1.54, 1.807) is 45.0 Å². The lowest BCUT2D eigenvalue weighted by molar-refractivity contribution is -0.385. The molecule has 0 fully saturated rings. The number of amides is 1. The van der Waals surface area contributed by atoms with Crippen LogP contribution < -0.4 is 14.8 Å². The minimum absolute atomic E-state index is 0.0259. The summed E-state index contributed by atoms with van der Waals surface area (Å²) in [5, 5.41) is 18.9. The Kier molecular flexibility index (Phi) is 9.44. The van der Waals surface area contributed by atoms with Gasteiger partial charge in [0.15, 0.2) is 5.69 Å². The van der Waals surface area contributed by atoms with E-state index in [0.29, 0.717) is 22.7 Å². The largest absolute Gasteiger partial charge is 0.437 e. The van der Waals surface area contributed by atoms with E-state index < -0.39 is 37.5 Å². The summed E-state index contributed by atoms with van der Waals surface area (Å²) in [6.07, 6.45) is 0.493. The molecular weight excluding hydrogens is 538 g/mol. The van der Waals surface area contributed by atoms with E-state index in [0.717, 1.165) is 12.1 Å². The fraction of sp³-hybridized carbons (Fsp3) is 0.333. The molecular formula is C24H28ClN5O7S. The Morgan fingerprint density at radius 3 is 2.63 bits per heavy atom. The summed E-state index contributed by atoms with van der Waals surface area (Å²) in [7, 11) is -2.72. The summed E-state index contributed by atoms with van der Waals surface area (Å²) in [6, 6.07) is 9.40. The van der Waals surface area contributed by atoms with Gasteiger partial charge in [0, 0.05) is 42.4 Å². The van der Waals surface area contributed by atoms with Crippen molar-refractivity contribution in [1.82, 2.24) is 19.8 Å². The standard InChI is InChI=1S/C24H28ClN5O7S/c1-5-15(2)28-38(34,35)21-14-19(30(32)33)9-10-20(21)37-24-16(3)22(23(31)26-11-12-36-4)27-29(24)18-8-6-7-17(25)13-18/h6-10,13-15,28H,5,11-12H2,1-4H3,(H,26,31)/t15-/m1/s1. The molecule has 2 aromatic carbocycles. The van der Waals surface area contributed by atoms with Crippen LogP contribution in [0.4, 0.5) is 5.69 Å². The Hall–Kier alpha value is -3.52. The number of methoxy groups -OCH3 is 1. The van der Waals surface area contributed by atoms with E-state index in [1.165, 1.54) is 17.9 Å². The SMILES string of the molecule is CC[C@@H](C)NS(=O)(=O)c1cc([N+](=O)[O-])ccc1Oc1c(C)c(C(=O)NCCOC)nn1-c1cccc(Cl)c1. The molecule has 1 amide bonds. The number of nitrogens with one attached hydrogen (secondary N) is 2. The predicted molar refractivity (Wildman–Crippen MR) is 141 cm³/mol. The van der Waals surface area contributed by atoms with Gasteiger partial charge in [-0.15, -0.1) is 0 Å². The van der Waals surface area contributed by atoms with Gasteiger partial charge in [-0.2, -0.15) is 9.78 Å². The van der Waals surface area contributed by atoms with Gasteiger partial charge in [-0.25, -0.2) is 13.1 Å². The number of ether oxygens (including phenoxy) is 2. The van der Waals surface area contributed by atoms with Gasteiger partial charge in [-0.3, -0.25) is 14.9 Å². The first-order valence-corrected chi connectivity index (χ1v) is 13.5. The van der Waals surface area contributed by atoms with Crippen LogP contribution >= 0.6 is 11.6 Å². The lowest BCUT2D eigenvalue weighted by atomic mass is 10.2. The van der Waals surface area contributed by atoms with Crippen LogP contribution in [-0.2, 0) is 14.8 Å². The number of nitrogens with zero attached hydrogens (tertiary/aromatic N) is 3. The van der Waals surface area contributed by atoms with E-state index in [-0.39, 0.29) is 30.5 Å². The molecule has 0 unspecified atom stereocenters. The average Bonchev–Trinajstić information content (AvgIpc) is 3.19. The summed E-state index contributed by atoms with van der Waals surface area (Å²) in [5.74, 6) is -0.665. The van der Waals surface area contributed by atoms with Gasteiger partial charge in [0.2, 0.25) is 15.9 Å². The predicted octanol–water partition coefficient (Wildman–Crippen LogP) is 3.99. The van der Waals surface area contributed by atoms with Gasteiger partial charge in [-0.1, -0.05) is 24.6 Å². The van der Waals surface area contributed by atoms with Crippen LogP contribution in [0.2, 0.25) is 5.02 Å². The molecule has 0 aliphatic carbocycles. The topological polar surface area (TPSA) is 155 Å². The zero-order valence-corrected chi connectivity index (χ0v) is 22.8. The van der Waals surface area contributed by atoms with Crippen molar-refractivity contribution in [3.63, 3.8) is 0 Å². The molecule has 12 nitrogen and oxygen atoms in total. The van der Waals surface area contributed by atoms with Crippen molar-refractivity contribution in [1.29, 1.82) is 0 Å². The number of benzene rings is 2. The van der Waals surface area contributed by atoms with Crippen molar-refractivity contribution in [2.45, 2.75) is 38.1 Å². The van der Waals surface area contributed by atoms with Crippen LogP contribution in [0, 0.1) is 17.0 Å². The van der Waals surface area contributed by atoms with Crippen molar-refractivity contribution in [2.24, 2.45) is 0 Å². The highest BCUT2D eigenvalue weighted by Gasteiger charge is 2.28. The fourth-order valence-electron chi connectivity index (χ4n) is 3.37. The molecule has 3 rings (SSSR count). The van der Waals surface area contributed by atoms with Crippen LogP contribution in [0.25, 0.3) is 5.69 Å². The number of carbonyl (C=O) groups is 1. The van der Waals surface area contributed by atoms with Crippen molar-refractivity contribution in [2.75, 3.05) is 20.3 Å². The van der Waals surface area contributed by atoms with Crippen molar-refractivity contribution >= 4 is 33.2 Å². The van der Waals surface area contributed by atoms with Gasteiger partial charge >= 0.3 is 0 Å². The molecule has 14 heteroatoms. The zero-order valence-electron chi connectivity index (χ0n) is 21.2. The zero-order chi connectivity index (χ0) is 28.0. The molecule has 0 aliphatic heterocycles. The minimum Gasteiger partial charge on any atom is -0.437 e. The summed E-state index contributed by atoms with van der Waals surface area (Å²) in [5.41, 5.74) is 0.340. The fourth-order valence-corrected chi connectivity index (χ4v) is 5.03. The summed E-state index contributed by atoms with van der Waals surface area (Å²) in [6.45, 7) is 5.58. The number of hydrogen-bond donors (Lipinski definition) is 2. The Labute approximate surface area is 225 Å². The third-order valence-electron chi connectivity index (χ3n) is 5.53. The first-order valence-electron chi connectivity index (χ1n) is 11.6. The number of sulfonamides is 1. The molecule has 38 heavy (non-hydrogen) atoms. The maximum absolute atomic E-state index is 13.2.